The van der Waals surface area contributed by atoms with Crippen molar-refractivity contribution in [2.45, 2.75) is 20.3 Å². The highest BCUT2D eigenvalue weighted by atomic mass is 19.1. The smallest absolute Gasteiger partial charge is 0.340 e. The van der Waals surface area contributed by atoms with Gasteiger partial charge >= 0.3 is 5.97 Å². The van der Waals surface area contributed by atoms with Gasteiger partial charge in [0.25, 0.3) is 0 Å². The molecule has 0 unspecified atom stereocenters. The van der Waals surface area contributed by atoms with Gasteiger partial charge in [-0.25, -0.2) is 19.2 Å². The minimum Gasteiger partial charge on any atom is -0.462 e. The Hall–Kier alpha value is -3.35. The fraction of sp³-hybridized carbons (Fsp3) is 0.200. The lowest BCUT2D eigenvalue weighted by Gasteiger charge is -2.09. The minimum atomic E-state index is -0.547. The Morgan fingerprint density at radius 1 is 1.30 bits per heavy atom. The third-order valence-electron chi connectivity index (χ3n) is 4.09. The van der Waals surface area contributed by atoms with Crippen LogP contribution in [0.5, 0.6) is 0 Å². The maximum Gasteiger partial charge on any atom is 0.340 e. The zero-order valence-corrected chi connectivity index (χ0v) is 15.0. The second kappa shape index (κ2) is 7.49. The van der Waals surface area contributed by atoms with Gasteiger partial charge in [0, 0.05) is 18.2 Å². The van der Waals surface area contributed by atoms with E-state index in [1.54, 1.807) is 26.0 Å². The summed E-state index contributed by atoms with van der Waals surface area (Å²) in [5.41, 5.74) is 2.11. The lowest BCUT2D eigenvalue weighted by Crippen LogP contribution is -2.05. The Labute approximate surface area is 155 Å². The molecule has 0 amide bonds. The van der Waals surface area contributed by atoms with E-state index in [2.05, 4.69) is 21.5 Å². The average Bonchev–Trinajstić information content (AvgIpc) is 3.08. The molecule has 0 fully saturated rings. The molecule has 2 aromatic heterocycles. The third-order valence-corrected chi connectivity index (χ3v) is 4.09. The number of carbonyl (C=O) groups is 2. The first-order valence-corrected chi connectivity index (χ1v) is 8.39. The summed E-state index contributed by atoms with van der Waals surface area (Å²) in [6.45, 7) is 7.17. The van der Waals surface area contributed by atoms with Crippen molar-refractivity contribution in [2.24, 2.45) is 0 Å². The summed E-state index contributed by atoms with van der Waals surface area (Å²) in [7, 11) is 0. The molecule has 0 radical (unpaired) electrons. The molecule has 7 heteroatoms. The lowest BCUT2D eigenvalue weighted by atomic mass is 9.99. The molecular formula is C20H18FN3O3. The van der Waals surface area contributed by atoms with Crippen LogP contribution in [0.1, 0.15) is 29.8 Å². The van der Waals surface area contributed by atoms with Crippen LogP contribution < -0.4 is 0 Å². The van der Waals surface area contributed by atoms with Gasteiger partial charge in [-0.1, -0.05) is 12.6 Å². The standard InChI is InChI=1S/C20H18FN3O3/c1-4-27-20(26)14-9-22-19-17(14)18(23-10-24-19)13-7-12(5-6-15(13)21)8-16(25)11(2)3/h5-7,9-10H,2,4,8H2,1,3H3,(H,22,23,24). The van der Waals surface area contributed by atoms with Crippen LogP contribution in [0.3, 0.4) is 0 Å². The maximum atomic E-state index is 14.6. The molecule has 1 N–H and O–H groups in total. The first kappa shape index (κ1) is 18.4. The van der Waals surface area contributed by atoms with Gasteiger partial charge in [0.1, 0.15) is 17.8 Å². The molecule has 0 atom stereocenters. The predicted octanol–water partition coefficient (Wildman–Crippen LogP) is 3.63. The Morgan fingerprint density at radius 3 is 2.78 bits per heavy atom. The molecule has 3 aromatic rings. The number of esters is 1. The number of Topliss-reactive ketones (excluding diaryl/α,β-unsaturated/α-hetero) is 1. The van der Waals surface area contributed by atoms with Crippen molar-refractivity contribution in [3.8, 4) is 11.3 Å². The van der Waals surface area contributed by atoms with Crippen molar-refractivity contribution in [1.82, 2.24) is 15.0 Å². The summed E-state index contributed by atoms with van der Waals surface area (Å²) in [6, 6.07) is 4.38. The molecule has 0 aliphatic rings. The number of fused-ring (bicyclic) bond motifs is 1. The van der Waals surface area contributed by atoms with Crippen LogP contribution in [0.15, 0.2) is 42.9 Å². The van der Waals surface area contributed by atoms with Gasteiger partial charge in [0.05, 0.1) is 23.3 Å². The fourth-order valence-electron chi connectivity index (χ4n) is 2.74. The zero-order valence-electron chi connectivity index (χ0n) is 15.0. The summed E-state index contributed by atoms with van der Waals surface area (Å²) in [6.07, 6.45) is 2.86. The largest absolute Gasteiger partial charge is 0.462 e. The van der Waals surface area contributed by atoms with Crippen LogP contribution in [0.25, 0.3) is 22.3 Å². The van der Waals surface area contributed by atoms with Crippen molar-refractivity contribution in [1.29, 1.82) is 0 Å². The SMILES string of the molecule is C=C(C)C(=O)Cc1ccc(F)c(-c2ncnc3[nH]cc(C(=O)OCC)c23)c1. The van der Waals surface area contributed by atoms with Crippen LogP contribution in [0, 0.1) is 5.82 Å². The Morgan fingerprint density at radius 2 is 2.07 bits per heavy atom. The van der Waals surface area contributed by atoms with E-state index in [-0.39, 0.29) is 35.6 Å². The maximum absolute atomic E-state index is 14.6. The second-order valence-corrected chi connectivity index (χ2v) is 6.06. The number of nitrogens with zero attached hydrogens (tertiary/aromatic N) is 2. The number of hydrogen-bond acceptors (Lipinski definition) is 5. The van der Waals surface area contributed by atoms with Gasteiger partial charge in [-0.15, -0.1) is 0 Å². The van der Waals surface area contributed by atoms with Crippen LogP contribution in [-0.2, 0) is 16.0 Å². The number of ketones is 1. The van der Waals surface area contributed by atoms with E-state index >= 15 is 0 Å². The number of hydrogen-bond donors (Lipinski definition) is 1. The molecule has 0 spiro atoms. The number of benzene rings is 1. The van der Waals surface area contributed by atoms with Gasteiger partial charge < -0.3 is 9.72 Å². The molecule has 0 saturated heterocycles. The molecule has 3 rings (SSSR count). The Balaban J connectivity index is 2.15. The summed E-state index contributed by atoms with van der Waals surface area (Å²) in [5.74, 6) is -1.19. The van der Waals surface area contributed by atoms with Gasteiger partial charge in [0.2, 0.25) is 0 Å². The average molecular weight is 367 g/mol. The zero-order chi connectivity index (χ0) is 19.6. The number of aromatic nitrogens is 3. The Bertz CT molecular complexity index is 1060. The number of ether oxygens (including phenoxy) is 1. The molecule has 2 heterocycles. The summed E-state index contributed by atoms with van der Waals surface area (Å²) in [4.78, 5) is 35.3. The monoisotopic (exact) mass is 367 g/mol. The van der Waals surface area contributed by atoms with E-state index in [9.17, 15) is 14.0 Å². The molecule has 0 bridgehead atoms. The fourth-order valence-corrected chi connectivity index (χ4v) is 2.74. The van der Waals surface area contributed by atoms with Gasteiger partial charge in [0.15, 0.2) is 5.78 Å². The van der Waals surface area contributed by atoms with E-state index in [0.717, 1.165) is 0 Å². The molecule has 1 aromatic carbocycles. The van der Waals surface area contributed by atoms with Crippen molar-refractivity contribution >= 4 is 22.8 Å². The molecule has 0 saturated carbocycles. The number of H-pyrrole nitrogens is 1. The molecule has 6 nitrogen and oxygen atoms in total. The van der Waals surface area contributed by atoms with E-state index in [1.807, 2.05) is 0 Å². The highest BCUT2D eigenvalue weighted by Crippen LogP contribution is 2.31. The van der Waals surface area contributed by atoms with Gasteiger partial charge in [-0.05, 0) is 37.1 Å². The van der Waals surface area contributed by atoms with Crippen molar-refractivity contribution in [2.75, 3.05) is 6.61 Å². The topological polar surface area (TPSA) is 84.9 Å². The Kier molecular flexibility index (Phi) is 5.12. The number of allylic oxidation sites excluding steroid dienone is 1. The number of halogens is 1. The predicted molar refractivity (Wildman–Crippen MR) is 98.8 cm³/mol. The van der Waals surface area contributed by atoms with Gasteiger partial charge in [-0.3, -0.25) is 4.79 Å². The molecule has 0 aliphatic carbocycles. The number of rotatable bonds is 6. The van der Waals surface area contributed by atoms with Crippen molar-refractivity contribution in [3.63, 3.8) is 0 Å². The molecule has 0 aliphatic heterocycles. The quantitative estimate of drug-likeness (QED) is 0.531. The van der Waals surface area contributed by atoms with Crippen molar-refractivity contribution in [3.05, 3.63) is 59.8 Å². The molecule has 27 heavy (non-hydrogen) atoms. The number of carbonyl (C=O) groups excluding carboxylic acids is 2. The highest BCUT2D eigenvalue weighted by Gasteiger charge is 2.21. The normalized spacial score (nSPS) is 10.8. The number of nitrogens with one attached hydrogen (secondary N) is 1. The van der Waals surface area contributed by atoms with Crippen LogP contribution in [0.4, 0.5) is 4.39 Å². The molecular weight excluding hydrogens is 349 g/mol. The third kappa shape index (κ3) is 3.62. The van der Waals surface area contributed by atoms with Crippen LogP contribution >= 0.6 is 0 Å². The number of aromatic amines is 1. The summed E-state index contributed by atoms with van der Waals surface area (Å²) >= 11 is 0. The van der Waals surface area contributed by atoms with E-state index in [4.69, 9.17) is 4.74 Å². The summed E-state index contributed by atoms with van der Waals surface area (Å²) < 4.78 is 19.6. The minimum absolute atomic E-state index is 0.106. The van der Waals surface area contributed by atoms with Crippen molar-refractivity contribution < 1.29 is 18.7 Å². The van der Waals surface area contributed by atoms with E-state index in [1.165, 1.54) is 18.6 Å². The first-order valence-electron chi connectivity index (χ1n) is 8.39. The highest BCUT2D eigenvalue weighted by molar-refractivity contribution is 6.08. The second-order valence-electron chi connectivity index (χ2n) is 6.06. The lowest BCUT2D eigenvalue weighted by molar-refractivity contribution is -0.114. The van der Waals surface area contributed by atoms with Crippen LogP contribution in [0.2, 0.25) is 0 Å². The van der Waals surface area contributed by atoms with E-state index in [0.29, 0.717) is 22.2 Å². The molecule has 138 valence electrons. The van der Waals surface area contributed by atoms with Crippen LogP contribution in [-0.4, -0.2) is 33.3 Å². The van der Waals surface area contributed by atoms with E-state index < -0.39 is 11.8 Å². The van der Waals surface area contributed by atoms with Gasteiger partial charge in [-0.2, -0.15) is 0 Å². The summed E-state index contributed by atoms with van der Waals surface area (Å²) in [5, 5.41) is 0.373. The first-order chi connectivity index (χ1) is 12.9.